The molecule has 0 bridgehead atoms. The van der Waals surface area contributed by atoms with Crippen molar-refractivity contribution < 1.29 is 34.2 Å². The average molecular weight is 454 g/mol. The van der Waals surface area contributed by atoms with Crippen LogP contribution in [0.1, 0.15) is 38.8 Å². The van der Waals surface area contributed by atoms with Crippen LogP contribution in [0.2, 0.25) is 0 Å². The maximum Gasteiger partial charge on any atom is 0.326 e. The molecule has 0 aromatic carbocycles. The van der Waals surface area contributed by atoms with E-state index in [4.69, 9.17) is 10.8 Å². The van der Waals surface area contributed by atoms with Crippen molar-refractivity contribution in [2.75, 3.05) is 6.54 Å². The van der Waals surface area contributed by atoms with Crippen molar-refractivity contribution in [1.29, 1.82) is 0 Å². The standard InChI is InChI=1S/C19H30N6O7/c1-10(2)5-13(17(29)24-12(19(31)32)3-4-16(27)28)25-18(30)14(23-15(26)7-20)6-11-8-21-9-22-11/h8-10,12-14H,3-7,20H2,1-2H3,(H,21,22)(H,23,26)(H,24,29)(H,25,30)(H,27,28)(H,31,32). The molecule has 0 saturated carbocycles. The molecule has 0 aliphatic heterocycles. The van der Waals surface area contributed by atoms with Crippen molar-refractivity contribution >= 4 is 29.7 Å². The first-order chi connectivity index (χ1) is 15.0. The first-order valence-corrected chi connectivity index (χ1v) is 10.1. The Labute approximate surface area is 184 Å². The summed E-state index contributed by atoms with van der Waals surface area (Å²) < 4.78 is 0. The molecule has 32 heavy (non-hydrogen) atoms. The third kappa shape index (κ3) is 9.55. The average Bonchev–Trinajstić information content (AvgIpc) is 3.22. The number of hydrogen-bond acceptors (Lipinski definition) is 7. The lowest BCUT2D eigenvalue weighted by Crippen LogP contribution is -2.57. The van der Waals surface area contributed by atoms with Gasteiger partial charge in [-0.3, -0.25) is 19.2 Å². The van der Waals surface area contributed by atoms with Crippen LogP contribution in [-0.2, 0) is 30.4 Å². The highest BCUT2D eigenvalue weighted by Gasteiger charge is 2.30. The summed E-state index contributed by atoms with van der Waals surface area (Å²) in [5.74, 6) is -4.64. The van der Waals surface area contributed by atoms with Crippen LogP contribution in [0.5, 0.6) is 0 Å². The van der Waals surface area contributed by atoms with E-state index in [0.29, 0.717) is 5.69 Å². The van der Waals surface area contributed by atoms with Crippen molar-refractivity contribution in [3.63, 3.8) is 0 Å². The molecule has 0 fully saturated rings. The highest BCUT2D eigenvalue weighted by atomic mass is 16.4. The van der Waals surface area contributed by atoms with Gasteiger partial charge < -0.3 is 36.9 Å². The van der Waals surface area contributed by atoms with E-state index in [2.05, 4.69) is 25.9 Å². The van der Waals surface area contributed by atoms with E-state index in [1.54, 1.807) is 0 Å². The van der Waals surface area contributed by atoms with Crippen LogP contribution >= 0.6 is 0 Å². The number of carbonyl (C=O) groups is 5. The molecule has 13 heteroatoms. The molecule has 13 nitrogen and oxygen atoms in total. The van der Waals surface area contributed by atoms with Gasteiger partial charge in [0.05, 0.1) is 12.9 Å². The summed E-state index contributed by atoms with van der Waals surface area (Å²) in [6.07, 6.45) is 2.37. The Hall–Kier alpha value is -3.48. The second kappa shape index (κ2) is 13.0. The number of carbonyl (C=O) groups excluding carboxylic acids is 3. The number of aromatic amines is 1. The number of carboxylic acids is 2. The van der Waals surface area contributed by atoms with Crippen molar-refractivity contribution in [2.45, 2.75) is 57.7 Å². The summed E-state index contributed by atoms with van der Waals surface area (Å²) >= 11 is 0. The monoisotopic (exact) mass is 454 g/mol. The van der Waals surface area contributed by atoms with Gasteiger partial charge in [0.1, 0.15) is 18.1 Å². The number of carboxylic acid groups (broad SMARTS) is 2. The predicted molar refractivity (Wildman–Crippen MR) is 111 cm³/mol. The van der Waals surface area contributed by atoms with E-state index in [9.17, 15) is 29.1 Å². The SMILES string of the molecule is CC(C)CC(NC(=O)C(Cc1cnc[nH]1)NC(=O)CN)C(=O)NC(CCC(=O)O)C(=O)O. The number of amides is 3. The first-order valence-electron chi connectivity index (χ1n) is 10.1. The van der Waals surface area contributed by atoms with Gasteiger partial charge in [0.15, 0.2) is 0 Å². The van der Waals surface area contributed by atoms with E-state index in [-0.39, 0.29) is 31.7 Å². The minimum atomic E-state index is -1.43. The Morgan fingerprint density at radius 2 is 1.66 bits per heavy atom. The molecule has 1 aromatic heterocycles. The molecule has 3 atom stereocenters. The van der Waals surface area contributed by atoms with E-state index < -0.39 is 54.2 Å². The van der Waals surface area contributed by atoms with E-state index in [1.165, 1.54) is 12.5 Å². The number of H-pyrrole nitrogens is 1. The fourth-order valence-corrected chi connectivity index (χ4v) is 2.85. The van der Waals surface area contributed by atoms with Crippen LogP contribution < -0.4 is 21.7 Å². The van der Waals surface area contributed by atoms with Crippen LogP contribution in [0.3, 0.4) is 0 Å². The molecule has 0 radical (unpaired) electrons. The number of aromatic nitrogens is 2. The van der Waals surface area contributed by atoms with Gasteiger partial charge in [-0.2, -0.15) is 0 Å². The highest BCUT2D eigenvalue weighted by Crippen LogP contribution is 2.08. The van der Waals surface area contributed by atoms with Gasteiger partial charge in [-0.1, -0.05) is 13.8 Å². The van der Waals surface area contributed by atoms with Crippen molar-refractivity contribution in [2.24, 2.45) is 11.7 Å². The molecule has 0 aliphatic carbocycles. The van der Waals surface area contributed by atoms with Crippen LogP contribution in [-0.4, -0.2) is 74.5 Å². The third-order valence-corrected chi connectivity index (χ3v) is 4.42. The lowest BCUT2D eigenvalue weighted by molar-refractivity contribution is -0.143. The molecule has 0 saturated heterocycles. The van der Waals surface area contributed by atoms with E-state index in [1.807, 2.05) is 13.8 Å². The van der Waals surface area contributed by atoms with Gasteiger partial charge in [0.25, 0.3) is 0 Å². The second-order valence-corrected chi connectivity index (χ2v) is 7.63. The maximum absolute atomic E-state index is 12.9. The van der Waals surface area contributed by atoms with E-state index >= 15 is 0 Å². The molecular formula is C19H30N6O7. The molecule has 1 heterocycles. The zero-order valence-corrected chi connectivity index (χ0v) is 18.0. The summed E-state index contributed by atoms with van der Waals surface area (Å²) in [6, 6.07) is -3.59. The van der Waals surface area contributed by atoms with Gasteiger partial charge >= 0.3 is 11.9 Å². The Morgan fingerprint density at radius 1 is 1.03 bits per heavy atom. The normalized spacial score (nSPS) is 13.6. The van der Waals surface area contributed by atoms with Crippen LogP contribution in [0.15, 0.2) is 12.5 Å². The van der Waals surface area contributed by atoms with E-state index in [0.717, 1.165) is 0 Å². The second-order valence-electron chi connectivity index (χ2n) is 7.63. The summed E-state index contributed by atoms with van der Waals surface area (Å²) in [7, 11) is 0. The summed E-state index contributed by atoms with van der Waals surface area (Å²) in [5, 5.41) is 25.4. The number of nitrogens with zero attached hydrogens (tertiary/aromatic N) is 1. The third-order valence-electron chi connectivity index (χ3n) is 4.42. The van der Waals surface area contributed by atoms with Gasteiger partial charge in [-0.25, -0.2) is 9.78 Å². The number of nitrogens with two attached hydrogens (primary N) is 1. The zero-order chi connectivity index (χ0) is 24.3. The number of rotatable bonds is 14. The highest BCUT2D eigenvalue weighted by molar-refractivity contribution is 5.93. The summed E-state index contributed by atoms with van der Waals surface area (Å²) in [4.78, 5) is 66.2. The molecule has 1 aromatic rings. The largest absolute Gasteiger partial charge is 0.481 e. The lowest BCUT2D eigenvalue weighted by atomic mass is 10.0. The summed E-state index contributed by atoms with van der Waals surface area (Å²) in [5.41, 5.74) is 5.88. The molecule has 3 unspecified atom stereocenters. The Morgan fingerprint density at radius 3 is 2.16 bits per heavy atom. The fraction of sp³-hybridized carbons (Fsp3) is 0.579. The fourth-order valence-electron chi connectivity index (χ4n) is 2.85. The summed E-state index contributed by atoms with van der Waals surface area (Å²) in [6.45, 7) is 3.28. The number of nitrogens with one attached hydrogen (secondary N) is 4. The minimum absolute atomic E-state index is 0.0435. The minimum Gasteiger partial charge on any atom is -0.481 e. The number of aliphatic carboxylic acids is 2. The van der Waals surface area contributed by atoms with Gasteiger partial charge in [0.2, 0.25) is 17.7 Å². The van der Waals surface area contributed by atoms with Crippen molar-refractivity contribution in [3.8, 4) is 0 Å². The molecule has 8 N–H and O–H groups in total. The number of hydrogen-bond donors (Lipinski definition) is 7. The van der Waals surface area contributed by atoms with Crippen molar-refractivity contribution in [1.82, 2.24) is 25.9 Å². The topological polar surface area (TPSA) is 217 Å². The molecule has 0 aliphatic rings. The smallest absolute Gasteiger partial charge is 0.326 e. The number of imidazole rings is 1. The molecule has 0 spiro atoms. The molecule has 178 valence electrons. The first kappa shape index (κ1) is 26.6. The van der Waals surface area contributed by atoms with Gasteiger partial charge in [-0.15, -0.1) is 0 Å². The van der Waals surface area contributed by atoms with Crippen LogP contribution in [0.25, 0.3) is 0 Å². The maximum atomic E-state index is 12.9. The zero-order valence-electron chi connectivity index (χ0n) is 18.0. The quantitative estimate of drug-likeness (QED) is 0.171. The Bertz CT molecular complexity index is 796. The predicted octanol–water partition coefficient (Wildman–Crippen LogP) is -1.64. The van der Waals surface area contributed by atoms with Gasteiger partial charge in [0, 0.05) is 24.7 Å². The van der Waals surface area contributed by atoms with Crippen molar-refractivity contribution in [3.05, 3.63) is 18.2 Å². The Balaban J connectivity index is 2.96. The molecule has 3 amide bonds. The molecular weight excluding hydrogens is 424 g/mol. The van der Waals surface area contributed by atoms with Crippen LogP contribution in [0, 0.1) is 5.92 Å². The molecule has 1 rings (SSSR count). The van der Waals surface area contributed by atoms with Gasteiger partial charge in [-0.05, 0) is 18.8 Å². The van der Waals surface area contributed by atoms with Crippen LogP contribution in [0.4, 0.5) is 0 Å². The lowest BCUT2D eigenvalue weighted by Gasteiger charge is -2.25. The Kier molecular flexibility index (Phi) is 10.8.